The Hall–Kier alpha value is -2.67. The summed E-state index contributed by atoms with van der Waals surface area (Å²) in [4.78, 5) is 11.6. The SMILES string of the molecule is C=C1C(c2noc(CC3CCCC3)n2)=CN(CC2CCCCC2)c2cc(N3CCN(C)CC3)c(F)cc21. The first-order chi connectivity index (χ1) is 18.0. The molecule has 4 aliphatic rings. The van der Waals surface area contributed by atoms with Gasteiger partial charge in [-0.1, -0.05) is 43.8 Å². The van der Waals surface area contributed by atoms with E-state index in [2.05, 4.69) is 45.7 Å². The van der Waals surface area contributed by atoms with Crippen LogP contribution in [-0.2, 0) is 6.42 Å². The molecular formula is C30H40FN5O. The van der Waals surface area contributed by atoms with E-state index >= 15 is 4.39 Å². The molecule has 0 amide bonds. The Labute approximate surface area is 220 Å². The molecule has 2 saturated carbocycles. The first kappa shape index (κ1) is 24.7. The van der Waals surface area contributed by atoms with Crippen LogP contribution in [-0.4, -0.2) is 54.8 Å². The fourth-order valence-electron chi connectivity index (χ4n) is 6.67. The van der Waals surface area contributed by atoms with Crippen LogP contribution in [0.2, 0.25) is 0 Å². The number of rotatable bonds is 6. The zero-order valence-electron chi connectivity index (χ0n) is 22.2. The number of aromatic nitrogens is 2. The van der Waals surface area contributed by atoms with E-state index in [1.54, 1.807) is 6.07 Å². The Morgan fingerprint density at radius 2 is 1.65 bits per heavy atom. The molecule has 1 aromatic heterocycles. The Kier molecular flexibility index (Phi) is 7.06. The number of allylic oxidation sites excluding steroid dienone is 2. The Morgan fingerprint density at radius 3 is 2.41 bits per heavy atom. The van der Waals surface area contributed by atoms with Crippen molar-refractivity contribution in [1.82, 2.24) is 15.0 Å². The van der Waals surface area contributed by atoms with Gasteiger partial charge >= 0.3 is 0 Å². The summed E-state index contributed by atoms with van der Waals surface area (Å²) in [5.74, 6) is 2.37. The monoisotopic (exact) mass is 505 g/mol. The fourth-order valence-corrected chi connectivity index (χ4v) is 6.67. The van der Waals surface area contributed by atoms with Gasteiger partial charge < -0.3 is 19.2 Å². The standard InChI is InChI=1S/C30H40FN5O/c1-21-24-17-26(31)28(35-14-12-34(2)13-15-35)18-27(24)36(19-23-10-4-3-5-11-23)20-25(21)30-32-29(37-33-30)16-22-8-6-7-9-22/h17-18,20,22-23H,1,3-16,19H2,2H3. The third-order valence-corrected chi connectivity index (χ3v) is 8.98. The van der Waals surface area contributed by atoms with Crippen molar-refractivity contribution in [2.75, 3.05) is 49.6 Å². The topological polar surface area (TPSA) is 48.6 Å². The van der Waals surface area contributed by atoms with Gasteiger partial charge in [-0.05, 0) is 62.3 Å². The molecule has 1 aromatic carbocycles. The molecule has 0 radical (unpaired) electrons. The molecule has 0 N–H and O–H groups in total. The minimum Gasteiger partial charge on any atom is -0.367 e. The second-order valence-electron chi connectivity index (χ2n) is 11.7. The summed E-state index contributed by atoms with van der Waals surface area (Å²) in [6.07, 6.45) is 14.5. The van der Waals surface area contributed by atoms with Gasteiger partial charge in [-0.2, -0.15) is 4.98 Å². The van der Waals surface area contributed by atoms with E-state index in [4.69, 9.17) is 9.51 Å². The number of fused-ring (bicyclic) bond motifs is 1. The first-order valence-electron chi connectivity index (χ1n) is 14.3. The highest BCUT2D eigenvalue weighted by molar-refractivity contribution is 6.08. The molecular weight excluding hydrogens is 465 g/mol. The van der Waals surface area contributed by atoms with Crippen LogP contribution in [0.15, 0.2) is 29.4 Å². The number of hydrogen-bond donors (Lipinski definition) is 0. The maximum atomic E-state index is 15.6. The quantitative estimate of drug-likeness (QED) is 0.469. The van der Waals surface area contributed by atoms with Crippen LogP contribution < -0.4 is 9.80 Å². The van der Waals surface area contributed by atoms with Crippen molar-refractivity contribution in [3.8, 4) is 0 Å². The van der Waals surface area contributed by atoms with Crippen molar-refractivity contribution in [3.05, 3.63) is 48.0 Å². The van der Waals surface area contributed by atoms with Crippen molar-refractivity contribution < 1.29 is 8.91 Å². The first-order valence-corrected chi connectivity index (χ1v) is 14.3. The predicted molar refractivity (Wildman–Crippen MR) is 147 cm³/mol. The lowest BCUT2D eigenvalue weighted by Gasteiger charge is -2.37. The van der Waals surface area contributed by atoms with Crippen LogP contribution in [0.4, 0.5) is 15.8 Å². The summed E-state index contributed by atoms with van der Waals surface area (Å²) in [5.41, 5.74) is 4.20. The molecule has 3 heterocycles. The molecule has 7 heteroatoms. The highest BCUT2D eigenvalue weighted by Gasteiger charge is 2.30. The number of anilines is 2. The number of nitrogens with zero attached hydrogens (tertiary/aromatic N) is 5. The van der Waals surface area contributed by atoms with Gasteiger partial charge in [0, 0.05) is 56.5 Å². The molecule has 0 unspecified atom stereocenters. The molecule has 2 aromatic rings. The van der Waals surface area contributed by atoms with Crippen molar-refractivity contribution in [2.45, 2.75) is 64.2 Å². The molecule has 2 aliphatic carbocycles. The average molecular weight is 506 g/mol. The predicted octanol–water partition coefficient (Wildman–Crippen LogP) is 6.15. The van der Waals surface area contributed by atoms with Gasteiger partial charge in [0.1, 0.15) is 5.82 Å². The van der Waals surface area contributed by atoms with E-state index in [-0.39, 0.29) is 5.82 Å². The second kappa shape index (κ2) is 10.6. The Morgan fingerprint density at radius 1 is 0.946 bits per heavy atom. The van der Waals surface area contributed by atoms with E-state index < -0.39 is 0 Å². The molecule has 6 rings (SSSR count). The smallest absolute Gasteiger partial charge is 0.227 e. The summed E-state index contributed by atoms with van der Waals surface area (Å²) in [6.45, 7) is 8.88. The summed E-state index contributed by atoms with van der Waals surface area (Å²) in [6, 6.07) is 3.74. The molecule has 1 saturated heterocycles. The van der Waals surface area contributed by atoms with E-state index in [1.807, 2.05) is 0 Å². The van der Waals surface area contributed by atoms with Gasteiger partial charge in [-0.25, -0.2) is 4.39 Å². The lowest BCUT2D eigenvalue weighted by molar-refractivity contribution is 0.311. The lowest BCUT2D eigenvalue weighted by Crippen LogP contribution is -2.45. The highest BCUT2D eigenvalue weighted by Crippen LogP contribution is 2.44. The molecule has 37 heavy (non-hydrogen) atoms. The van der Waals surface area contributed by atoms with Gasteiger partial charge in [0.15, 0.2) is 0 Å². The van der Waals surface area contributed by atoms with E-state index in [9.17, 15) is 0 Å². The van der Waals surface area contributed by atoms with Gasteiger partial charge in [0.25, 0.3) is 0 Å². The second-order valence-corrected chi connectivity index (χ2v) is 11.7. The molecule has 198 valence electrons. The van der Waals surface area contributed by atoms with Crippen molar-refractivity contribution in [1.29, 1.82) is 0 Å². The molecule has 3 fully saturated rings. The summed E-state index contributed by atoms with van der Waals surface area (Å²) < 4.78 is 21.3. The fraction of sp³-hybridized carbons (Fsp3) is 0.600. The van der Waals surface area contributed by atoms with Gasteiger partial charge in [-0.3, -0.25) is 0 Å². The average Bonchev–Trinajstić information content (AvgIpc) is 3.60. The number of halogens is 1. The van der Waals surface area contributed by atoms with Crippen molar-refractivity contribution >= 4 is 22.5 Å². The van der Waals surface area contributed by atoms with E-state index in [0.29, 0.717) is 29.2 Å². The number of piperazine rings is 1. The van der Waals surface area contributed by atoms with Crippen molar-refractivity contribution in [2.24, 2.45) is 11.8 Å². The third-order valence-electron chi connectivity index (χ3n) is 8.98. The maximum absolute atomic E-state index is 15.6. The molecule has 0 atom stereocenters. The number of hydrogen-bond acceptors (Lipinski definition) is 6. The highest BCUT2D eigenvalue weighted by atomic mass is 19.1. The normalized spacial score (nSPS) is 22.0. The van der Waals surface area contributed by atoms with Crippen LogP contribution in [0.5, 0.6) is 0 Å². The largest absolute Gasteiger partial charge is 0.367 e. The molecule has 0 spiro atoms. The van der Waals surface area contributed by atoms with Gasteiger partial charge in [-0.15, -0.1) is 0 Å². The van der Waals surface area contributed by atoms with Crippen LogP contribution in [0, 0.1) is 17.7 Å². The van der Waals surface area contributed by atoms with Crippen LogP contribution in [0.3, 0.4) is 0 Å². The lowest BCUT2D eigenvalue weighted by atomic mass is 9.87. The summed E-state index contributed by atoms with van der Waals surface area (Å²) in [7, 11) is 2.12. The molecule has 0 bridgehead atoms. The minimum atomic E-state index is -0.182. The zero-order chi connectivity index (χ0) is 25.4. The molecule has 2 aliphatic heterocycles. The van der Waals surface area contributed by atoms with Crippen LogP contribution in [0.25, 0.3) is 11.1 Å². The van der Waals surface area contributed by atoms with E-state index in [0.717, 1.165) is 61.5 Å². The zero-order valence-corrected chi connectivity index (χ0v) is 22.2. The van der Waals surface area contributed by atoms with E-state index in [1.165, 1.54) is 57.8 Å². The Balaban J connectivity index is 1.33. The maximum Gasteiger partial charge on any atom is 0.227 e. The number of likely N-dealkylation sites (N-methyl/N-ethyl adjacent to an activating group) is 1. The summed E-state index contributed by atoms with van der Waals surface area (Å²) >= 11 is 0. The third kappa shape index (κ3) is 5.20. The minimum absolute atomic E-state index is 0.182. The Bertz CT molecular complexity index is 1150. The van der Waals surface area contributed by atoms with Crippen molar-refractivity contribution in [3.63, 3.8) is 0 Å². The molecule has 6 nitrogen and oxygen atoms in total. The summed E-state index contributed by atoms with van der Waals surface area (Å²) in [5, 5.41) is 4.36. The number of benzene rings is 1. The van der Waals surface area contributed by atoms with Gasteiger partial charge in [0.2, 0.25) is 11.7 Å². The van der Waals surface area contributed by atoms with Gasteiger partial charge in [0.05, 0.1) is 11.4 Å². The van der Waals surface area contributed by atoms with Crippen LogP contribution >= 0.6 is 0 Å². The van der Waals surface area contributed by atoms with Crippen LogP contribution in [0.1, 0.15) is 75.1 Å².